The van der Waals surface area contributed by atoms with E-state index < -0.39 is 5.60 Å². The summed E-state index contributed by atoms with van der Waals surface area (Å²) in [4.78, 5) is 0. The first kappa shape index (κ1) is 20.0. The molecule has 1 fully saturated rings. The van der Waals surface area contributed by atoms with Crippen LogP contribution in [0, 0.1) is 23.2 Å². The fraction of sp³-hybridized carbons (Fsp3) is 1.00. The summed E-state index contributed by atoms with van der Waals surface area (Å²) >= 11 is 0. The van der Waals surface area contributed by atoms with Gasteiger partial charge in [0.2, 0.25) is 0 Å². The summed E-state index contributed by atoms with van der Waals surface area (Å²) in [7, 11) is 0. The van der Waals surface area contributed by atoms with Crippen LogP contribution >= 0.6 is 0 Å². The van der Waals surface area contributed by atoms with E-state index >= 15 is 0 Å². The highest BCUT2D eigenvalue weighted by molar-refractivity contribution is 4.86. The van der Waals surface area contributed by atoms with E-state index in [1.165, 1.54) is 38.5 Å². The Morgan fingerprint density at radius 2 is 1.91 bits per heavy atom. The van der Waals surface area contributed by atoms with Crippen molar-refractivity contribution in [1.29, 1.82) is 0 Å². The Kier molecular flexibility index (Phi) is 7.88. The molecule has 1 aliphatic carbocycles. The second-order valence-electron chi connectivity index (χ2n) is 9.01. The van der Waals surface area contributed by atoms with Crippen LogP contribution in [0.15, 0.2) is 0 Å². The zero-order valence-electron chi connectivity index (χ0n) is 15.7. The summed E-state index contributed by atoms with van der Waals surface area (Å²) < 4.78 is 0. The molecule has 1 aliphatic rings. The van der Waals surface area contributed by atoms with Gasteiger partial charge in [-0.1, -0.05) is 59.8 Å². The Morgan fingerprint density at radius 3 is 2.50 bits per heavy atom. The van der Waals surface area contributed by atoms with Crippen LogP contribution in [0.4, 0.5) is 0 Å². The van der Waals surface area contributed by atoms with Crippen molar-refractivity contribution in [3.8, 4) is 0 Å². The predicted octanol–water partition coefficient (Wildman–Crippen LogP) is 5.17. The van der Waals surface area contributed by atoms with Gasteiger partial charge in [0.1, 0.15) is 0 Å². The molecule has 0 spiro atoms. The van der Waals surface area contributed by atoms with E-state index in [1.54, 1.807) is 0 Å². The summed E-state index contributed by atoms with van der Waals surface area (Å²) in [5, 5.41) is 19.1. The second-order valence-corrected chi connectivity index (χ2v) is 9.01. The zero-order valence-corrected chi connectivity index (χ0v) is 15.7. The summed E-state index contributed by atoms with van der Waals surface area (Å²) in [5.41, 5.74) is -0.170. The van der Waals surface area contributed by atoms with E-state index in [0.717, 1.165) is 30.6 Å². The molecule has 1 rings (SSSR count). The third kappa shape index (κ3) is 6.58. The van der Waals surface area contributed by atoms with Crippen LogP contribution in [-0.2, 0) is 0 Å². The zero-order chi connectivity index (χ0) is 16.8. The molecule has 1 saturated carbocycles. The first-order chi connectivity index (χ1) is 10.2. The van der Waals surface area contributed by atoms with Crippen molar-refractivity contribution in [1.82, 2.24) is 0 Å². The van der Waals surface area contributed by atoms with E-state index in [0.29, 0.717) is 11.8 Å². The summed E-state index contributed by atoms with van der Waals surface area (Å²) in [6.07, 6.45) is 10.5. The van der Waals surface area contributed by atoms with E-state index in [-0.39, 0.29) is 6.61 Å². The van der Waals surface area contributed by atoms with E-state index in [4.69, 9.17) is 5.11 Å². The van der Waals surface area contributed by atoms with Crippen LogP contribution < -0.4 is 0 Å². The molecule has 0 aromatic heterocycles. The highest BCUT2D eigenvalue weighted by Crippen LogP contribution is 2.46. The quantitative estimate of drug-likeness (QED) is 0.616. The lowest BCUT2D eigenvalue weighted by molar-refractivity contribution is 0.0221. The Balaban J connectivity index is 2.29. The standard InChI is InChI=1S/C20H40O2/c1-16(8-6-13-20(5,22)14-15-21)10-11-18-17(2)9-7-12-19(18,3)4/h16-18,21-22H,6-15H2,1-5H3. The maximum absolute atomic E-state index is 10.1. The largest absolute Gasteiger partial charge is 0.396 e. The number of aliphatic hydroxyl groups excluding tert-OH is 1. The van der Waals surface area contributed by atoms with Crippen molar-refractivity contribution >= 4 is 0 Å². The number of aliphatic hydroxyl groups is 2. The molecule has 2 nitrogen and oxygen atoms in total. The average Bonchev–Trinajstić information content (AvgIpc) is 2.36. The third-order valence-corrected chi connectivity index (χ3v) is 6.20. The van der Waals surface area contributed by atoms with Gasteiger partial charge < -0.3 is 10.2 Å². The van der Waals surface area contributed by atoms with Crippen molar-refractivity contribution in [2.45, 2.75) is 98.0 Å². The van der Waals surface area contributed by atoms with Gasteiger partial charge in [-0.25, -0.2) is 0 Å². The Labute approximate surface area is 138 Å². The fourth-order valence-electron chi connectivity index (χ4n) is 4.52. The molecule has 0 bridgehead atoms. The van der Waals surface area contributed by atoms with Gasteiger partial charge in [-0.15, -0.1) is 0 Å². The first-order valence-corrected chi connectivity index (χ1v) is 9.51. The van der Waals surface area contributed by atoms with Gasteiger partial charge in [-0.3, -0.25) is 0 Å². The molecular weight excluding hydrogens is 272 g/mol. The summed E-state index contributed by atoms with van der Waals surface area (Å²) in [6, 6.07) is 0. The maximum Gasteiger partial charge on any atom is 0.0641 e. The van der Waals surface area contributed by atoms with Crippen molar-refractivity contribution in [3.63, 3.8) is 0 Å². The van der Waals surface area contributed by atoms with E-state index in [1.807, 2.05) is 6.92 Å². The SMILES string of the molecule is CC(CCCC(C)(O)CCO)CCC1C(C)CCCC1(C)C. The maximum atomic E-state index is 10.1. The van der Waals surface area contributed by atoms with Crippen molar-refractivity contribution in [2.24, 2.45) is 23.2 Å². The molecule has 22 heavy (non-hydrogen) atoms. The van der Waals surface area contributed by atoms with Crippen LogP contribution in [0.3, 0.4) is 0 Å². The normalized spacial score (nSPS) is 29.0. The van der Waals surface area contributed by atoms with Crippen LogP contribution in [0.25, 0.3) is 0 Å². The van der Waals surface area contributed by atoms with Crippen molar-refractivity contribution < 1.29 is 10.2 Å². The highest BCUT2D eigenvalue weighted by Gasteiger charge is 2.36. The minimum Gasteiger partial charge on any atom is -0.396 e. The molecule has 2 N–H and O–H groups in total. The van der Waals surface area contributed by atoms with Crippen LogP contribution in [0.5, 0.6) is 0 Å². The number of rotatable bonds is 9. The van der Waals surface area contributed by atoms with Gasteiger partial charge in [-0.2, -0.15) is 0 Å². The first-order valence-electron chi connectivity index (χ1n) is 9.51. The molecular formula is C20H40O2. The average molecular weight is 313 g/mol. The fourth-order valence-corrected chi connectivity index (χ4v) is 4.52. The lowest BCUT2D eigenvalue weighted by Crippen LogP contribution is -2.33. The van der Waals surface area contributed by atoms with Gasteiger partial charge in [0, 0.05) is 6.61 Å². The van der Waals surface area contributed by atoms with Crippen molar-refractivity contribution in [2.75, 3.05) is 6.61 Å². The van der Waals surface area contributed by atoms with Gasteiger partial charge >= 0.3 is 0 Å². The molecule has 0 amide bonds. The Morgan fingerprint density at radius 1 is 1.23 bits per heavy atom. The molecule has 132 valence electrons. The van der Waals surface area contributed by atoms with Crippen LogP contribution in [-0.4, -0.2) is 22.4 Å². The van der Waals surface area contributed by atoms with Crippen LogP contribution in [0.1, 0.15) is 92.4 Å². The Hall–Kier alpha value is -0.0800. The van der Waals surface area contributed by atoms with Gasteiger partial charge in [0.05, 0.1) is 5.60 Å². The molecule has 0 radical (unpaired) electrons. The molecule has 0 aromatic carbocycles. The Bertz CT molecular complexity index is 309. The minimum atomic E-state index is -0.686. The number of hydrogen-bond donors (Lipinski definition) is 2. The highest BCUT2D eigenvalue weighted by atomic mass is 16.3. The monoisotopic (exact) mass is 312 g/mol. The molecule has 0 aliphatic heterocycles. The summed E-state index contributed by atoms with van der Waals surface area (Å²) in [6.45, 7) is 11.7. The number of hydrogen-bond acceptors (Lipinski definition) is 2. The third-order valence-electron chi connectivity index (χ3n) is 6.20. The van der Waals surface area contributed by atoms with Crippen molar-refractivity contribution in [3.05, 3.63) is 0 Å². The van der Waals surface area contributed by atoms with Gasteiger partial charge in [0.15, 0.2) is 0 Å². The summed E-state index contributed by atoms with van der Waals surface area (Å²) in [5.74, 6) is 2.50. The molecule has 4 unspecified atom stereocenters. The molecule has 0 aromatic rings. The smallest absolute Gasteiger partial charge is 0.0641 e. The second kappa shape index (κ2) is 8.68. The van der Waals surface area contributed by atoms with Crippen LogP contribution in [0.2, 0.25) is 0 Å². The lowest BCUT2D eigenvalue weighted by Gasteiger charge is -2.43. The van der Waals surface area contributed by atoms with Gasteiger partial charge in [-0.05, 0) is 55.8 Å². The molecule has 4 atom stereocenters. The van der Waals surface area contributed by atoms with Gasteiger partial charge in [0.25, 0.3) is 0 Å². The lowest BCUT2D eigenvalue weighted by atomic mass is 9.62. The molecule has 0 saturated heterocycles. The molecule has 2 heteroatoms. The molecule has 0 heterocycles. The topological polar surface area (TPSA) is 40.5 Å². The van der Waals surface area contributed by atoms with E-state index in [9.17, 15) is 5.11 Å². The minimum absolute atomic E-state index is 0.0806. The van der Waals surface area contributed by atoms with E-state index in [2.05, 4.69) is 27.7 Å². The predicted molar refractivity (Wildman–Crippen MR) is 94.9 cm³/mol.